The van der Waals surface area contributed by atoms with Gasteiger partial charge in [-0.25, -0.2) is 12.8 Å². The number of hydrogen-bond acceptors (Lipinski definition) is 4. The Kier molecular flexibility index (Phi) is 5.05. The molecule has 0 aliphatic carbocycles. The van der Waals surface area contributed by atoms with Gasteiger partial charge in [-0.2, -0.15) is 4.31 Å². The van der Waals surface area contributed by atoms with Gasteiger partial charge in [0.15, 0.2) is 0 Å². The zero-order valence-corrected chi connectivity index (χ0v) is 17.1. The monoisotopic (exact) mass is 403 g/mol. The third-order valence-corrected chi connectivity index (χ3v) is 7.78. The molecule has 0 radical (unpaired) electrons. The maximum absolute atomic E-state index is 13.7. The Hall–Kier alpha value is -2.12. The van der Waals surface area contributed by atoms with Crippen molar-refractivity contribution in [2.24, 2.45) is 0 Å². The summed E-state index contributed by atoms with van der Waals surface area (Å²) in [5.41, 5.74) is 2.87. The number of nitrogens with zero attached hydrogens (tertiary/aromatic N) is 3. The second kappa shape index (κ2) is 7.37. The van der Waals surface area contributed by atoms with Crippen molar-refractivity contribution >= 4 is 21.4 Å². The molecule has 2 aliphatic rings. The van der Waals surface area contributed by atoms with E-state index in [1.807, 2.05) is 26.0 Å². The normalized spacial score (nSPS) is 18.6. The number of sulfonamides is 1. The first-order chi connectivity index (χ1) is 13.5. The highest BCUT2D eigenvalue weighted by atomic mass is 32.2. The van der Waals surface area contributed by atoms with E-state index in [-0.39, 0.29) is 12.0 Å². The molecule has 0 amide bonds. The van der Waals surface area contributed by atoms with Crippen molar-refractivity contribution in [1.29, 1.82) is 0 Å². The summed E-state index contributed by atoms with van der Waals surface area (Å²) in [5, 5.41) is 0. The highest BCUT2D eigenvalue weighted by molar-refractivity contribution is 7.89. The van der Waals surface area contributed by atoms with Crippen LogP contribution in [-0.2, 0) is 16.6 Å². The summed E-state index contributed by atoms with van der Waals surface area (Å²) in [6.07, 6.45) is 2.32. The Morgan fingerprint density at radius 1 is 1.11 bits per heavy atom. The molecule has 28 heavy (non-hydrogen) atoms. The fourth-order valence-electron chi connectivity index (χ4n) is 4.39. The van der Waals surface area contributed by atoms with E-state index in [1.165, 1.54) is 10.4 Å². The van der Waals surface area contributed by atoms with Crippen LogP contribution in [0.25, 0.3) is 0 Å². The molecule has 2 aromatic rings. The van der Waals surface area contributed by atoms with Gasteiger partial charge in [0.05, 0.1) is 16.3 Å². The van der Waals surface area contributed by atoms with Crippen molar-refractivity contribution in [3.8, 4) is 0 Å². The highest BCUT2D eigenvalue weighted by Crippen LogP contribution is 2.45. The molecule has 0 aromatic heterocycles. The van der Waals surface area contributed by atoms with Crippen LogP contribution in [0.3, 0.4) is 0 Å². The summed E-state index contributed by atoms with van der Waals surface area (Å²) in [7, 11) is -3.52. The third-order valence-electron chi connectivity index (χ3n) is 5.73. The van der Waals surface area contributed by atoms with Gasteiger partial charge < -0.3 is 9.80 Å². The van der Waals surface area contributed by atoms with Crippen molar-refractivity contribution in [3.63, 3.8) is 0 Å². The minimum absolute atomic E-state index is 0.199. The molecule has 7 heteroatoms. The molecule has 1 saturated heterocycles. The Labute approximate surface area is 166 Å². The van der Waals surface area contributed by atoms with E-state index in [0.29, 0.717) is 24.5 Å². The van der Waals surface area contributed by atoms with Crippen LogP contribution in [0.2, 0.25) is 0 Å². The largest absolute Gasteiger partial charge is 0.349 e. The average molecular weight is 404 g/mol. The van der Waals surface area contributed by atoms with Crippen LogP contribution < -0.4 is 9.80 Å². The number of halogens is 1. The van der Waals surface area contributed by atoms with Gasteiger partial charge in [0, 0.05) is 26.2 Å². The lowest BCUT2D eigenvalue weighted by atomic mass is 10.1. The Bertz CT molecular complexity index is 975. The molecule has 4 rings (SSSR count). The van der Waals surface area contributed by atoms with E-state index in [4.69, 9.17) is 0 Å². The minimum Gasteiger partial charge on any atom is -0.349 e. The van der Waals surface area contributed by atoms with Crippen LogP contribution in [0.4, 0.5) is 15.8 Å². The summed E-state index contributed by atoms with van der Waals surface area (Å²) < 4.78 is 41.1. The molecule has 2 aliphatic heterocycles. The number of benzene rings is 2. The molecular formula is C21H26FN3O2S. The maximum Gasteiger partial charge on any atom is 0.243 e. The van der Waals surface area contributed by atoms with Crippen LogP contribution >= 0.6 is 0 Å². The minimum atomic E-state index is -3.52. The van der Waals surface area contributed by atoms with E-state index in [0.717, 1.165) is 36.3 Å². The van der Waals surface area contributed by atoms with E-state index < -0.39 is 10.0 Å². The molecule has 150 valence electrons. The standard InChI is InChI=1S/C21H26FN3O2S/c1-3-23(4-2)28(26,27)18-10-11-19-20(14-18)25(21-9-6-12-24(19)21)15-16-7-5-8-17(22)13-16/h5,7-8,10-11,13-14,21H,3-4,6,9,12,15H2,1-2H3. The molecule has 1 atom stereocenters. The maximum atomic E-state index is 13.7. The first-order valence-electron chi connectivity index (χ1n) is 9.87. The van der Waals surface area contributed by atoms with Crippen molar-refractivity contribution in [1.82, 2.24) is 4.31 Å². The lowest BCUT2D eigenvalue weighted by molar-refractivity contribution is 0.445. The van der Waals surface area contributed by atoms with E-state index in [1.54, 1.807) is 24.3 Å². The summed E-state index contributed by atoms with van der Waals surface area (Å²) in [5.74, 6) is -0.252. The molecule has 0 bridgehead atoms. The Morgan fingerprint density at radius 3 is 2.61 bits per heavy atom. The van der Waals surface area contributed by atoms with Crippen molar-refractivity contribution < 1.29 is 12.8 Å². The van der Waals surface area contributed by atoms with E-state index in [9.17, 15) is 12.8 Å². The predicted molar refractivity (Wildman–Crippen MR) is 109 cm³/mol. The highest BCUT2D eigenvalue weighted by Gasteiger charge is 2.39. The van der Waals surface area contributed by atoms with Gasteiger partial charge in [-0.05, 0) is 48.7 Å². The second-order valence-corrected chi connectivity index (χ2v) is 9.25. The van der Waals surface area contributed by atoms with E-state index in [2.05, 4.69) is 9.80 Å². The molecule has 0 N–H and O–H groups in total. The van der Waals surface area contributed by atoms with Gasteiger partial charge in [-0.1, -0.05) is 26.0 Å². The molecular weight excluding hydrogens is 377 g/mol. The molecule has 5 nitrogen and oxygen atoms in total. The zero-order chi connectivity index (χ0) is 19.9. The van der Waals surface area contributed by atoms with Crippen molar-refractivity contribution in [2.75, 3.05) is 29.4 Å². The van der Waals surface area contributed by atoms with Gasteiger partial charge in [0.25, 0.3) is 0 Å². The van der Waals surface area contributed by atoms with Gasteiger partial charge in [0.1, 0.15) is 12.0 Å². The third kappa shape index (κ3) is 3.16. The number of rotatable bonds is 6. The smallest absolute Gasteiger partial charge is 0.243 e. The molecule has 2 heterocycles. The topological polar surface area (TPSA) is 43.9 Å². The van der Waals surface area contributed by atoms with Crippen LogP contribution in [0.15, 0.2) is 47.4 Å². The quantitative estimate of drug-likeness (QED) is 0.736. The predicted octanol–water partition coefficient (Wildman–Crippen LogP) is 3.80. The van der Waals surface area contributed by atoms with Crippen molar-refractivity contribution in [3.05, 3.63) is 53.8 Å². The zero-order valence-electron chi connectivity index (χ0n) is 16.3. The molecule has 2 aromatic carbocycles. The summed E-state index contributed by atoms with van der Waals surface area (Å²) in [6.45, 7) is 6.09. The first kappa shape index (κ1) is 19.2. The molecule has 1 unspecified atom stereocenters. The van der Waals surface area contributed by atoms with Gasteiger partial charge >= 0.3 is 0 Å². The van der Waals surface area contributed by atoms with Crippen LogP contribution in [0, 0.1) is 5.82 Å². The first-order valence-corrected chi connectivity index (χ1v) is 11.3. The van der Waals surface area contributed by atoms with Gasteiger partial charge in [-0.3, -0.25) is 0 Å². The van der Waals surface area contributed by atoms with Crippen LogP contribution in [0.1, 0.15) is 32.3 Å². The average Bonchev–Trinajstić information content (AvgIpc) is 3.25. The van der Waals surface area contributed by atoms with E-state index >= 15 is 0 Å². The SMILES string of the molecule is CCN(CC)S(=O)(=O)c1ccc2c(c1)N(Cc1cccc(F)c1)C1CCCN21. The number of anilines is 2. The fraction of sp³-hybridized carbons (Fsp3) is 0.429. The van der Waals surface area contributed by atoms with Gasteiger partial charge in [-0.15, -0.1) is 0 Å². The molecule has 0 spiro atoms. The molecule has 1 fully saturated rings. The summed E-state index contributed by atoms with van der Waals surface area (Å²) in [6, 6.07) is 12.1. The molecule has 0 saturated carbocycles. The number of fused-ring (bicyclic) bond motifs is 3. The Balaban J connectivity index is 1.74. The van der Waals surface area contributed by atoms with Gasteiger partial charge in [0.2, 0.25) is 10.0 Å². The van der Waals surface area contributed by atoms with Crippen molar-refractivity contribution in [2.45, 2.75) is 44.3 Å². The van der Waals surface area contributed by atoms with Crippen LogP contribution in [0.5, 0.6) is 0 Å². The lowest BCUT2D eigenvalue weighted by Crippen LogP contribution is -2.38. The fourth-order valence-corrected chi connectivity index (χ4v) is 5.87. The summed E-state index contributed by atoms with van der Waals surface area (Å²) >= 11 is 0. The Morgan fingerprint density at radius 2 is 1.89 bits per heavy atom. The summed E-state index contributed by atoms with van der Waals surface area (Å²) in [4.78, 5) is 4.88. The number of hydrogen-bond donors (Lipinski definition) is 0. The lowest BCUT2D eigenvalue weighted by Gasteiger charge is -2.27. The van der Waals surface area contributed by atoms with Crippen LogP contribution in [-0.4, -0.2) is 38.5 Å². The second-order valence-electron chi connectivity index (χ2n) is 7.31.